The highest BCUT2D eigenvalue weighted by molar-refractivity contribution is 5.79. The van der Waals surface area contributed by atoms with Gasteiger partial charge in [0.1, 0.15) is 0 Å². The van der Waals surface area contributed by atoms with E-state index in [0.717, 1.165) is 13.0 Å². The van der Waals surface area contributed by atoms with E-state index < -0.39 is 11.4 Å². The van der Waals surface area contributed by atoms with E-state index in [1.54, 1.807) is 17.4 Å². The zero-order valence-electron chi connectivity index (χ0n) is 12.3. The number of carbonyl (C=O) groups excluding carboxylic acids is 1. The van der Waals surface area contributed by atoms with Gasteiger partial charge >= 0.3 is 12.0 Å². The molecule has 0 aliphatic carbocycles. The van der Waals surface area contributed by atoms with Gasteiger partial charge in [-0.2, -0.15) is 0 Å². The molecule has 0 bridgehead atoms. The fraction of sp³-hybridized carbons (Fsp3) is 0.643. The second kappa shape index (κ2) is 6.60. The third-order valence-corrected chi connectivity index (χ3v) is 4.20. The monoisotopic (exact) mass is 294 g/mol. The van der Waals surface area contributed by atoms with Gasteiger partial charge in [-0.05, 0) is 19.3 Å². The van der Waals surface area contributed by atoms with Crippen LogP contribution < -0.4 is 5.32 Å². The van der Waals surface area contributed by atoms with E-state index in [1.165, 1.54) is 0 Å². The molecule has 0 aromatic carbocycles. The summed E-state index contributed by atoms with van der Waals surface area (Å²) in [5.41, 5.74) is -0.770. The van der Waals surface area contributed by atoms with Gasteiger partial charge < -0.3 is 19.9 Å². The third kappa shape index (κ3) is 3.53. The molecule has 1 aliphatic rings. The fourth-order valence-electron chi connectivity index (χ4n) is 2.65. The molecule has 1 fully saturated rings. The summed E-state index contributed by atoms with van der Waals surface area (Å²) in [6.07, 6.45) is 7.23. The van der Waals surface area contributed by atoms with Crippen LogP contribution in [0.3, 0.4) is 0 Å². The number of hydrogen-bond acceptors (Lipinski definition) is 3. The standard InChI is InChI=1S/C14H22N4O3/c1-2-14(12(19)20)4-8-18(10-14)13(21)16-5-3-7-17-9-6-15-11-17/h6,9,11H,2-5,7-8,10H2,1H3,(H,16,21)(H,19,20). The smallest absolute Gasteiger partial charge is 0.317 e. The van der Waals surface area contributed by atoms with Crippen LogP contribution in [0.15, 0.2) is 18.7 Å². The maximum Gasteiger partial charge on any atom is 0.317 e. The molecule has 116 valence electrons. The number of carboxylic acid groups (broad SMARTS) is 1. The van der Waals surface area contributed by atoms with E-state index in [0.29, 0.717) is 32.5 Å². The number of nitrogens with zero attached hydrogens (tertiary/aromatic N) is 3. The molecular formula is C14H22N4O3. The molecule has 1 aromatic heterocycles. The maximum atomic E-state index is 12.0. The number of rotatable bonds is 6. The van der Waals surface area contributed by atoms with Gasteiger partial charge in [-0.25, -0.2) is 9.78 Å². The number of hydrogen-bond donors (Lipinski definition) is 2. The number of aryl methyl sites for hydroxylation is 1. The zero-order chi connectivity index (χ0) is 15.3. The second-order valence-electron chi connectivity index (χ2n) is 5.50. The molecule has 2 N–H and O–H groups in total. The van der Waals surface area contributed by atoms with Gasteiger partial charge in [-0.15, -0.1) is 0 Å². The van der Waals surface area contributed by atoms with Gasteiger partial charge in [0.15, 0.2) is 0 Å². The minimum absolute atomic E-state index is 0.169. The maximum absolute atomic E-state index is 12.0. The number of nitrogens with one attached hydrogen (secondary N) is 1. The predicted octanol–water partition coefficient (Wildman–Crippen LogP) is 1.17. The minimum atomic E-state index is -0.805. The topological polar surface area (TPSA) is 87.5 Å². The summed E-state index contributed by atoms with van der Waals surface area (Å²) < 4.78 is 1.95. The van der Waals surface area contributed by atoms with Gasteiger partial charge in [0.2, 0.25) is 0 Å². The van der Waals surface area contributed by atoms with Crippen molar-refractivity contribution in [2.24, 2.45) is 5.41 Å². The lowest BCUT2D eigenvalue weighted by atomic mass is 9.84. The number of aromatic nitrogens is 2. The molecule has 1 saturated heterocycles. The molecule has 7 heteroatoms. The Morgan fingerprint density at radius 1 is 1.48 bits per heavy atom. The molecule has 2 heterocycles. The number of amides is 2. The Kier molecular flexibility index (Phi) is 4.82. The van der Waals surface area contributed by atoms with E-state index in [1.807, 2.05) is 17.7 Å². The van der Waals surface area contributed by atoms with Crippen LogP contribution in [0.25, 0.3) is 0 Å². The van der Waals surface area contributed by atoms with E-state index in [4.69, 9.17) is 0 Å². The normalized spacial score (nSPS) is 21.5. The molecule has 0 radical (unpaired) electrons. The van der Waals surface area contributed by atoms with Crippen molar-refractivity contribution in [2.75, 3.05) is 19.6 Å². The highest BCUT2D eigenvalue weighted by atomic mass is 16.4. The van der Waals surface area contributed by atoms with Crippen molar-refractivity contribution in [1.82, 2.24) is 19.8 Å². The van der Waals surface area contributed by atoms with E-state index >= 15 is 0 Å². The number of aliphatic carboxylic acids is 1. The zero-order valence-corrected chi connectivity index (χ0v) is 12.3. The van der Waals surface area contributed by atoms with Gasteiger partial charge in [0.05, 0.1) is 11.7 Å². The Bertz CT molecular complexity index is 488. The van der Waals surface area contributed by atoms with Crippen molar-refractivity contribution in [2.45, 2.75) is 32.7 Å². The number of carboxylic acids is 1. The molecule has 1 aromatic rings. The Morgan fingerprint density at radius 3 is 2.86 bits per heavy atom. The highest BCUT2D eigenvalue weighted by Gasteiger charge is 2.44. The van der Waals surface area contributed by atoms with E-state index in [9.17, 15) is 14.7 Å². The van der Waals surface area contributed by atoms with Crippen molar-refractivity contribution in [3.8, 4) is 0 Å². The Labute approximate surface area is 124 Å². The molecule has 0 spiro atoms. The molecule has 21 heavy (non-hydrogen) atoms. The Balaban J connectivity index is 1.73. The largest absolute Gasteiger partial charge is 0.481 e. The Morgan fingerprint density at radius 2 is 2.29 bits per heavy atom. The number of urea groups is 1. The van der Waals surface area contributed by atoms with Gasteiger partial charge in [-0.3, -0.25) is 4.79 Å². The lowest BCUT2D eigenvalue weighted by molar-refractivity contribution is -0.148. The van der Waals surface area contributed by atoms with E-state index in [2.05, 4.69) is 10.3 Å². The van der Waals surface area contributed by atoms with Crippen molar-refractivity contribution in [1.29, 1.82) is 0 Å². The molecule has 7 nitrogen and oxygen atoms in total. The molecule has 1 atom stereocenters. The van der Waals surface area contributed by atoms with Crippen LogP contribution in [0.4, 0.5) is 4.79 Å². The molecule has 2 rings (SSSR count). The van der Waals surface area contributed by atoms with Crippen molar-refractivity contribution >= 4 is 12.0 Å². The van der Waals surface area contributed by atoms with Gasteiger partial charge in [0, 0.05) is 38.6 Å². The van der Waals surface area contributed by atoms with Gasteiger partial charge in [0.25, 0.3) is 0 Å². The van der Waals surface area contributed by atoms with Crippen molar-refractivity contribution < 1.29 is 14.7 Å². The summed E-state index contributed by atoms with van der Waals surface area (Å²) in [6.45, 7) is 4.04. The van der Waals surface area contributed by atoms with Crippen LogP contribution >= 0.6 is 0 Å². The number of likely N-dealkylation sites (tertiary alicyclic amines) is 1. The molecule has 1 unspecified atom stereocenters. The van der Waals surface area contributed by atoms with E-state index in [-0.39, 0.29) is 6.03 Å². The van der Waals surface area contributed by atoms with Crippen LogP contribution in [0.1, 0.15) is 26.2 Å². The van der Waals surface area contributed by atoms with Gasteiger partial charge in [-0.1, -0.05) is 6.92 Å². The van der Waals surface area contributed by atoms with Crippen LogP contribution in [-0.2, 0) is 11.3 Å². The van der Waals surface area contributed by atoms with Crippen molar-refractivity contribution in [3.63, 3.8) is 0 Å². The number of carbonyl (C=O) groups is 2. The summed E-state index contributed by atoms with van der Waals surface area (Å²) >= 11 is 0. The van der Waals surface area contributed by atoms with Crippen LogP contribution in [0.2, 0.25) is 0 Å². The number of imidazole rings is 1. The molecule has 0 saturated carbocycles. The summed E-state index contributed by atoms with van der Waals surface area (Å²) in [5, 5.41) is 12.2. The summed E-state index contributed by atoms with van der Waals surface area (Å²) in [7, 11) is 0. The second-order valence-corrected chi connectivity index (χ2v) is 5.50. The lowest BCUT2D eigenvalue weighted by Gasteiger charge is -2.23. The average molecular weight is 294 g/mol. The Hall–Kier alpha value is -2.05. The third-order valence-electron chi connectivity index (χ3n) is 4.20. The average Bonchev–Trinajstić information content (AvgIpc) is 3.13. The van der Waals surface area contributed by atoms with Crippen molar-refractivity contribution in [3.05, 3.63) is 18.7 Å². The van der Waals surface area contributed by atoms with Crippen LogP contribution in [0.5, 0.6) is 0 Å². The molecular weight excluding hydrogens is 272 g/mol. The molecule has 1 aliphatic heterocycles. The lowest BCUT2D eigenvalue weighted by Crippen LogP contribution is -2.42. The first-order valence-electron chi connectivity index (χ1n) is 7.29. The first-order chi connectivity index (χ1) is 10.1. The first-order valence-corrected chi connectivity index (χ1v) is 7.29. The highest BCUT2D eigenvalue weighted by Crippen LogP contribution is 2.34. The molecule has 2 amide bonds. The summed E-state index contributed by atoms with van der Waals surface area (Å²) in [6, 6.07) is -0.169. The summed E-state index contributed by atoms with van der Waals surface area (Å²) in [4.78, 5) is 28.9. The first kappa shape index (κ1) is 15.3. The fourth-order valence-corrected chi connectivity index (χ4v) is 2.65. The van der Waals surface area contributed by atoms with Crippen LogP contribution in [0, 0.1) is 5.41 Å². The minimum Gasteiger partial charge on any atom is -0.481 e. The van der Waals surface area contributed by atoms with Crippen LogP contribution in [-0.4, -0.2) is 51.2 Å². The quantitative estimate of drug-likeness (QED) is 0.771. The SMILES string of the molecule is CCC1(C(=O)O)CCN(C(=O)NCCCn2ccnc2)C1. The predicted molar refractivity (Wildman–Crippen MR) is 76.8 cm³/mol. The summed E-state index contributed by atoms with van der Waals surface area (Å²) in [5.74, 6) is -0.805.